The maximum absolute atomic E-state index is 13.2. The lowest BCUT2D eigenvalue weighted by Crippen LogP contribution is -2.00. The van der Waals surface area contributed by atoms with E-state index in [9.17, 15) is 4.39 Å². The molecule has 0 amide bonds. The Balaban J connectivity index is 1.61. The standard InChI is InChI=1S/C17H12ClFN2O/c18-13-9-11(19)4-5-12(13)10-7-15-16(8-10)22-17(21-15)14-3-1-2-6-20-14/h1-6,9-10H,7-8H2. The van der Waals surface area contributed by atoms with Crippen LogP contribution < -0.4 is 0 Å². The van der Waals surface area contributed by atoms with Gasteiger partial charge in [-0.05, 0) is 35.7 Å². The van der Waals surface area contributed by atoms with Crippen molar-refractivity contribution in [3.05, 3.63) is 70.5 Å². The van der Waals surface area contributed by atoms with Crippen molar-refractivity contribution in [2.75, 3.05) is 0 Å². The van der Waals surface area contributed by atoms with E-state index >= 15 is 0 Å². The van der Waals surface area contributed by atoms with Crippen LogP contribution in [0.3, 0.4) is 0 Å². The molecule has 1 aromatic carbocycles. The van der Waals surface area contributed by atoms with Crippen LogP contribution in [0, 0.1) is 5.82 Å². The minimum Gasteiger partial charge on any atom is -0.440 e. The Kier molecular flexibility index (Phi) is 3.19. The molecule has 0 saturated heterocycles. The molecule has 0 spiro atoms. The second kappa shape index (κ2) is 5.21. The van der Waals surface area contributed by atoms with Crippen molar-refractivity contribution in [2.45, 2.75) is 18.8 Å². The molecule has 0 fully saturated rings. The van der Waals surface area contributed by atoms with E-state index in [2.05, 4.69) is 9.97 Å². The van der Waals surface area contributed by atoms with E-state index in [1.165, 1.54) is 12.1 Å². The van der Waals surface area contributed by atoms with Crippen molar-refractivity contribution >= 4 is 11.6 Å². The van der Waals surface area contributed by atoms with Crippen LogP contribution in [0.4, 0.5) is 4.39 Å². The molecule has 0 radical (unpaired) electrons. The fourth-order valence-corrected chi connectivity index (χ4v) is 3.20. The molecule has 3 aromatic rings. The molecular formula is C17H12ClFN2O. The quantitative estimate of drug-likeness (QED) is 0.703. The van der Waals surface area contributed by atoms with Crippen LogP contribution in [0.5, 0.6) is 0 Å². The summed E-state index contributed by atoms with van der Waals surface area (Å²) in [5, 5.41) is 0.458. The van der Waals surface area contributed by atoms with Gasteiger partial charge in [0.2, 0.25) is 5.89 Å². The molecule has 0 bridgehead atoms. The predicted octanol–water partition coefficient (Wildman–Crippen LogP) is 4.41. The number of halogens is 2. The van der Waals surface area contributed by atoms with E-state index in [1.807, 2.05) is 18.2 Å². The molecule has 1 aliphatic carbocycles. The van der Waals surface area contributed by atoms with Crippen molar-refractivity contribution in [1.82, 2.24) is 9.97 Å². The van der Waals surface area contributed by atoms with Gasteiger partial charge in [-0.15, -0.1) is 0 Å². The molecule has 0 saturated carbocycles. The van der Waals surface area contributed by atoms with Gasteiger partial charge in [-0.3, -0.25) is 4.98 Å². The van der Waals surface area contributed by atoms with E-state index in [1.54, 1.807) is 12.3 Å². The zero-order chi connectivity index (χ0) is 15.1. The molecule has 110 valence electrons. The number of rotatable bonds is 2. The maximum atomic E-state index is 13.2. The molecular weight excluding hydrogens is 303 g/mol. The Morgan fingerprint density at radius 2 is 2.09 bits per heavy atom. The fraction of sp³-hybridized carbons (Fsp3) is 0.176. The molecule has 0 aliphatic heterocycles. The average Bonchev–Trinajstić information content (AvgIpc) is 3.06. The normalized spacial score (nSPS) is 16.7. The SMILES string of the molecule is Fc1ccc(C2Cc3nc(-c4ccccn4)oc3C2)c(Cl)c1. The van der Waals surface area contributed by atoms with Gasteiger partial charge in [0.15, 0.2) is 0 Å². The number of hydrogen-bond donors (Lipinski definition) is 0. The molecule has 3 nitrogen and oxygen atoms in total. The zero-order valence-electron chi connectivity index (χ0n) is 11.6. The summed E-state index contributed by atoms with van der Waals surface area (Å²) in [5.74, 6) is 1.28. The highest BCUT2D eigenvalue weighted by Crippen LogP contribution is 2.38. The van der Waals surface area contributed by atoms with Gasteiger partial charge in [0.05, 0.1) is 5.69 Å². The lowest BCUT2D eigenvalue weighted by molar-refractivity contribution is 0.509. The van der Waals surface area contributed by atoms with Crippen molar-refractivity contribution in [2.24, 2.45) is 0 Å². The van der Waals surface area contributed by atoms with E-state index in [0.29, 0.717) is 10.9 Å². The molecule has 2 aromatic heterocycles. The number of fused-ring (bicyclic) bond motifs is 1. The third-order valence-electron chi connectivity index (χ3n) is 3.94. The number of benzene rings is 1. The first-order valence-corrected chi connectivity index (χ1v) is 7.43. The van der Waals surface area contributed by atoms with E-state index in [-0.39, 0.29) is 11.7 Å². The van der Waals surface area contributed by atoms with Crippen LogP contribution in [-0.2, 0) is 12.8 Å². The Labute approximate surface area is 131 Å². The van der Waals surface area contributed by atoms with Gasteiger partial charge in [-0.2, -0.15) is 0 Å². The highest BCUT2D eigenvalue weighted by Gasteiger charge is 2.30. The number of oxazole rings is 1. The predicted molar refractivity (Wildman–Crippen MR) is 81.3 cm³/mol. The van der Waals surface area contributed by atoms with Gasteiger partial charge in [0.1, 0.15) is 17.3 Å². The highest BCUT2D eigenvalue weighted by atomic mass is 35.5. The van der Waals surface area contributed by atoms with Crippen molar-refractivity contribution in [1.29, 1.82) is 0 Å². The second-order valence-corrected chi connectivity index (χ2v) is 5.78. The first-order chi connectivity index (χ1) is 10.7. The van der Waals surface area contributed by atoms with E-state index < -0.39 is 0 Å². The molecule has 0 N–H and O–H groups in total. The average molecular weight is 315 g/mol. The molecule has 5 heteroatoms. The molecule has 1 unspecified atom stereocenters. The van der Waals surface area contributed by atoms with Gasteiger partial charge in [-0.1, -0.05) is 23.7 Å². The number of aromatic nitrogens is 2. The summed E-state index contributed by atoms with van der Waals surface area (Å²) in [6.45, 7) is 0. The molecule has 4 rings (SSSR count). The Hall–Kier alpha value is -2.20. The third-order valence-corrected chi connectivity index (χ3v) is 4.26. The fourth-order valence-electron chi connectivity index (χ4n) is 2.88. The van der Waals surface area contributed by atoms with Crippen molar-refractivity contribution in [3.8, 4) is 11.6 Å². The van der Waals surface area contributed by atoms with Gasteiger partial charge in [0, 0.05) is 24.1 Å². The number of nitrogens with zero attached hydrogens (tertiary/aromatic N) is 2. The first-order valence-electron chi connectivity index (χ1n) is 7.05. The van der Waals surface area contributed by atoms with Gasteiger partial charge >= 0.3 is 0 Å². The first kappa shape index (κ1) is 13.5. The summed E-state index contributed by atoms with van der Waals surface area (Å²) in [5.41, 5.74) is 2.61. The Bertz CT molecular complexity index is 808. The maximum Gasteiger partial charge on any atom is 0.245 e. The van der Waals surface area contributed by atoms with Crippen LogP contribution in [0.15, 0.2) is 47.0 Å². The van der Waals surface area contributed by atoms with E-state index in [4.69, 9.17) is 16.0 Å². The summed E-state index contributed by atoms with van der Waals surface area (Å²) in [6, 6.07) is 10.2. The Morgan fingerprint density at radius 3 is 2.82 bits per heavy atom. The monoisotopic (exact) mass is 314 g/mol. The van der Waals surface area contributed by atoms with Gasteiger partial charge < -0.3 is 4.42 Å². The molecule has 22 heavy (non-hydrogen) atoms. The summed E-state index contributed by atoms with van der Waals surface area (Å²) < 4.78 is 19.0. The largest absolute Gasteiger partial charge is 0.440 e. The summed E-state index contributed by atoms with van der Waals surface area (Å²) in [4.78, 5) is 8.78. The topological polar surface area (TPSA) is 38.9 Å². The minimum absolute atomic E-state index is 0.187. The second-order valence-electron chi connectivity index (χ2n) is 5.37. The van der Waals surface area contributed by atoms with Crippen molar-refractivity contribution < 1.29 is 8.81 Å². The summed E-state index contributed by atoms with van der Waals surface area (Å²) in [6.07, 6.45) is 3.18. The summed E-state index contributed by atoms with van der Waals surface area (Å²) in [7, 11) is 0. The van der Waals surface area contributed by atoms with Crippen LogP contribution >= 0.6 is 11.6 Å². The van der Waals surface area contributed by atoms with Gasteiger partial charge in [0.25, 0.3) is 0 Å². The smallest absolute Gasteiger partial charge is 0.245 e. The van der Waals surface area contributed by atoms with Gasteiger partial charge in [-0.25, -0.2) is 9.37 Å². The lowest BCUT2D eigenvalue weighted by Gasteiger charge is -2.11. The molecule has 2 heterocycles. The third kappa shape index (κ3) is 2.29. The number of hydrogen-bond acceptors (Lipinski definition) is 3. The highest BCUT2D eigenvalue weighted by molar-refractivity contribution is 6.31. The minimum atomic E-state index is -0.320. The van der Waals surface area contributed by atoms with Crippen molar-refractivity contribution in [3.63, 3.8) is 0 Å². The van der Waals surface area contributed by atoms with Crippen LogP contribution in [0.25, 0.3) is 11.6 Å². The molecule has 1 atom stereocenters. The van der Waals surface area contributed by atoms with Crippen LogP contribution in [0.2, 0.25) is 5.02 Å². The van der Waals surface area contributed by atoms with E-state index in [0.717, 1.165) is 35.6 Å². The molecule has 1 aliphatic rings. The van der Waals surface area contributed by atoms with Crippen LogP contribution in [0.1, 0.15) is 22.9 Å². The summed E-state index contributed by atoms with van der Waals surface area (Å²) >= 11 is 6.15. The lowest BCUT2D eigenvalue weighted by atomic mass is 9.97. The number of pyridine rings is 1. The van der Waals surface area contributed by atoms with Crippen LogP contribution in [-0.4, -0.2) is 9.97 Å². The Morgan fingerprint density at radius 1 is 1.18 bits per heavy atom. The zero-order valence-corrected chi connectivity index (χ0v) is 12.3.